The molecule has 3 N–H and O–H groups in total. The molecule has 1 rings (SSSR count). The van der Waals surface area contributed by atoms with E-state index in [9.17, 15) is 0 Å². The lowest BCUT2D eigenvalue weighted by molar-refractivity contribution is 0.282. The van der Waals surface area contributed by atoms with E-state index in [1.165, 1.54) is 11.1 Å². The lowest BCUT2D eigenvalue weighted by Gasteiger charge is -2.19. The van der Waals surface area contributed by atoms with Gasteiger partial charge < -0.3 is 16.0 Å². The Morgan fingerprint density at radius 3 is 2.58 bits per heavy atom. The Bertz CT molecular complexity index is 438. The number of rotatable bonds is 5. The van der Waals surface area contributed by atoms with Gasteiger partial charge in [-0.1, -0.05) is 6.07 Å². The van der Waals surface area contributed by atoms with E-state index in [-0.39, 0.29) is 0 Å². The van der Waals surface area contributed by atoms with Crippen molar-refractivity contribution in [1.82, 2.24) is 4.90 Å². The maximum atomic E-state index is 5.88. The van der Waals surface area contributed by atoms with Crippen molar-refractivity contribution in [1.29, 1.82) is 0 Å². The van der Waals surface area contributed by atoms with Gasteiger partial charge in [0.2, 0.25) is 0 Å². The summed E-state index contributed by atoms with van der Waals surface area (Å²) in [5.41, 5.74) is 9.39. The van der Waals surface area contributed by atoms with E-state index in [0.29, 0.717) is 18.5 Å². The fourth-order valence-corrected chi connectivity index (χ4v) is 1.59. The van der Waals surface area contributed by atoms with Gasteiger partial charge in [0.25, 0.3) is 0 Å². The minimum Gasteiger partial charge on any atom is -0.370 e. The molecule has 0 unspecified atom stereocenters. The van der Waals surface area contributed by atoms with E-state index in [2.05, 4.69) is 62.1 Å². The molecule has 4 nitrogen and oxygen atoms in total. The van der Waals surface area contributed by atoms with Crippen molar-refractivity contribution < 1.29 is 0 Å². The highest BCUT2D eigenvalue weighted by Gasteiger charge is 2.02. The number of aliphatic imine (C=N–C) groups is 1. The second-order valence-electron chi connectivity index (χ2n) is 5.27. The van der Waals surface area contributed by atoms with Crippen LogP contribution < -0.4 is 11.1 Å². The minimum atomic E-state index is 0.473. The Balaban J connectivity index is 2.49. The smallest absolute Gasteiger partial charge is 0.193 e. The molecule has 0 aromatic heterocycles. The van der Waals surface area contributed by atoms with Gasteiger partial charge in [0.15, 0.2) is 5.96 Å². The molecule has 0 radical (unpaired) electrons. The Labute approximate surface area is 116 Å². The predicted octanol–water partition coefficient (Wildman–Crippen LogP) is 2.37. The maximum Gasteiger partial charge on any atom is 0.193 e. The van der Waals surface area contributed by atoms with E-state index < -0.39 is 0 Å². The molecule has 0 saturated carbocycles. The summed E-state index contributed by atoms with van der Waals surface area (Å²) in [7, 11) is 2.09. The van der Waals surface area contributed by atoms with Gasteiger partial charge in [-0.2, -0.15) is 0 Å². The van der Waals surface area contributed by atoms with Crippen LogP contribution >= 0.6 is 0 Å². The highest BCUT2D eigenvalue weighted by atomic mass is 15.1. The molecule has 0 spiro atoms. The largest absolute Gasteiger partial charge is 0.370 e. The Kier molecular flexibility index (Phi) is 5.83. The SMILES string of the molecule is Cc1ccc(NC(N)=NCCN(C)C(C)C)cc1C. The number of likely N-dealkylation sites (N-methyl/N-ethyl adjacent to an activating group) is 1. The quantitative estimate of drug-likeness (QED) is 0.633. The molecule has 0 aliphatic heterocycles. The maximum absolute atomic E-state index is 5.88. The number of hydrogen-bond donors (Lipinski definition) is 2. The van der Waals surface area contributed by atoms with Crippen molar-refractivity contribution in [3.63, 3.8) is 0 Å². The van der Waals surface area contributed by atoms with Crippen LogP contribution in [0.3, 0.4) is 0 Å². The van der Waals surface area contributed by atoms with Gasteiger partial charge in [0, 0.05) is 18.3 Å². The standard InChI is InChI=1S/C15H26N4/c1-11(2)19(5)9-8-17-15(16)18-14-7-6-12(3)13(4)10-14/h6-7,10-11H,8-9H2,1-5H3,(H3,16,17,18). The summed E-state index contributed by atoms with van der Waals surface area (Å²) in [4.78, 5) is 6.58. The first-order chi connectivity index (χ1) is 8.90. The molecule has 0 amide bonds. The third kappa shape index (κ3) is 5.30. The fraction of sp³-hybridized carbons (Fsp3) is 0.533. The summed E-state index contributed by atoms with van der Waals surface area (Å²) in [6.45, 7) is 10.1. The zero-order chi connectivity index (χ0) is 14.4. The molecule has 0 saturated heterocycles. The Hall–Kier alpha value is -1.55. The van der Waals surface area contributed by atoms with Crippen molar-refractivity contribution in [2.45, 2.75) is 33.7 Å². The number of nitrogens with two attached hydrogens (primary N) is 1. The summed E-state index contributed by atoms with van der Waals surface area (Å²) in [5.74, 6) is 0.473. The van der Waals surface area contributed by atoms with Crippen LogP contribution in [0.1, 0.15) is 25.0 Å². The second kappa shape index (κ2) is 7.14. The average Bonchev–Trinajstić information content (AvgIpc) is 2.33. The van der Waals surface area contributed by atoms with E-state index in [1.54, 1.807) is 0 Å². The first kappa shape index (κ1) is 15.5. The van der Waals surface area contributed by atoms with Crippen LogP contribution in [0, 0.1) is 13.8 Å². The highest BCUT2D eigenvalue weighted by Crippen LogP contribution is 2.13. The molecule has 0 aliphatic carbocycles. The normalized spacial score (nSPS) is 12.3. The van der Waals surface area contributed by atoms with Gasteiger partial charge in [-0.25, -0.2) is 0 Å². The lowest BCUT2D eigenvalue weighted by atomic mass is 10.1. The zero-order valence-electron chi connectivity index (χ0n) is 12.7. The third-order valence-corrected chi connectivity index (χ3v) is 3.40. The molecule has 4 heteroatoms. The van der Waals surface area contributed by atoms with Gasteiger partial charge in [0.05, 0.1) is 6.54 Å². The first-order valence-corrected chi connectivity index (χ1v) is 6.74. The van der Waals surface area contributed by atoms with E-state index in [0.717, 1.165) is 12.2 Å². The molecule has 106 valence electrons. The summed E-state index contributed by atoms with van der Waals surface area (Å²) in [6.07, 6.45) is 0. The van der Waals surface area contributed by atoms with Gasteiger partial charge in [-0.3, -0.25) is 4.99 Å². The van der Waals surface area contributed by atoms with Gasteiger partial charge in [-0.15, -0.1) is 0 Å². The van der Waals surface area contributed by atoms with Gasteiger partial charge in [-0.05, 0) is 58.0 Å². The number of benzene rings is 1. The number of aryl methyl sites for hydroxylation is 2. The van der Waals surface area contributed by atoms with Gasteiger partial charge >= 0.3 is 0 Å². The molecule has 0 aliphatic rings. The number of nitrogens with one attached hydrogen (secondary N) is 1. The summed E-state index contributed by atoms with van der Waals surface area (Å²) < 4.78 is 0. The predicted molar refractivity (Wildman–Crippen MR) is 83.8 cm³/mol. The molecule has 1 aromatic rings. The van der Waals surface area contributed by atoms with Crippen LogP contribution in [0.2, 0.25) is 0 Å². The third-order valence-electron chi connectivity index (χ3n) is 3.40. The van der Waals surface area contributed by atoms with Crippen molar-refractivity contribution >= 4 is 11.6 Å². The molecule has 0 heterocycles. The number of anilines is 1. The molecular formula is C15H26N4. The molecule has 0 fully saturated rings. The highest BCUT2D eigenvalue weighted by molar-refractivity contribution is 5.92. The van der Waals surface area contributed by atoms with E-state index >= 15 is 0 Å². The molecule has 0 atom stereocenters. The summed E-state index contributed by atoms with van der Waals surface area (Å²) >= 11 is 0. The molecular weight excluding hydrogens is 236 g/mol. The van der Waals surface area contributed by atoms with Crippen LogP contribution in [0.25, 0.3) is 0 Å². The van der Waals surface area contributed by atoms with Gasteiger partial charge in [0.1, 0.15) is 0 Å². The summed E-state index contributed by atoms with van der Waals surface area (Å²) in [6, 6.07) is 6.71. The van der Waals surface area contributed by atoms with Crippen LogP contribution in [0.4, 0.5) is 5.69 Å². The van der Waals surface area contributed by atoms with E-state index in [1.807, 2.05) is 6.07 Å². The zero-order valence-corrected chi connectivity index (χ0v) is 12.7. The van der Waals surface area contributed by atoms with Crippen LogP contribution in [-0.2, 0) is 0 Å². The monoisotopic (exact) mass is 262 g/mol. The Morgan fingerprint density at radius 2 is 2.00 bits per heavy atom. The number of hydrogen-bond acceptors (Lipinski definition) is 2. The average molecular weight is 262 g/mol. The van der Waals surface area contributed by atoms with Crippen LogP contribution in [0.5, 0.6) is 0 Å². The molecule has 19 heavy (non-hydrogen) atoms. The van der Waals surface area contributed by atoms with Crippen molar-refractivity contribution in [3.05, 3.63) is 29.3 Å². The van der Waals surface area contributed by atoms with Crippen molar-refractivity contribution in [2.24, 2.45) is 10.7 Å². The van der Waals surface area contributed by atoms with Crippen LogP contribution in [-0.4, -0.2) is 37.0 Å². The van der Waals surface area contributed by atoms with Crippen molar-refractivity contribution in [2.75, 3.05) is 25.5 Å². The topological polar surface area (TPSA) is 53.6 Å². The lowest BCUT2D eigenvalue weighted by Crippen LogP contribution is -2.30. The fourth-order valence-electron chi connectivity index (χ4n) is 1.59. The van der Waals surface area contributed by atoms with Crippen molar-refractivity contribution in [3.8, 4) is 0 Å². The number of nitrogens with zero attached hydrogens (tertiary/aromatic N) is 2. The van der Waals surface area contributed by atoms with E-state index in [4.69, 9.17) is 5.73 Å². The molecule has 0 bridgehead atoms. The first-order valence-electron chi connectivity index (χ1n) is 6.74. The molecule has 1 aromatic carbocycles. The van der Waals surface area contributed by atoms with Crippen LogP contribution in [0.15, 0.2) is 23.2 Å². The number of guanidine groups is 1. The second-order valence-corrected chi connectivity index (χ2v) is 5.27. The minimum absolute atomic E-state index is 0.473. The summed E-state index contributed by atoms with van der Waals surface area (Å²) in [5, 5.41) is 3.12. The Morgan fingerprint density at radius 1 is 1.32 bits per heavy atom.